The van der Waals surface area contributed by atoms with Crippen molar-refractivity contribution in [1.29, 1.82) is 0 Å². The van der Waals surface area contributed by atoms with Gasteiger partial charge in [-0.1, -0.05) is 45.4 Å². The number of piperidine rings is 1. The number of aliphatic carboxylic acids is 1. The first-order chi connectivity index (χ1) is 21.5. The predicted octanol–water partition coefficient (Wildman–Crippen LogP) is 6.64. The van der Waals surface area contributed by atoms with Crippen LogP contribution in [-0.2, 0) is 20.9 Å². The normalized spacial score (nSPS) is 19.3. The number of carboxylic acid groups (broad SMARTS) is 1. The average Bonchev–Trinajstić information content (AvgIpc) is 3.47. The van der Waals surface area contributed by atoms with Crippen molar-refractivity contribution in [3.63, 3.8) is 0 Å². The quantitative estimate of drug-likeness (QED) is 0.254. The van der Waals surface area contributed by atoms with Crippen LogP contribution in [0, 0.1) is 30.4 Å². The number of nitrogens with zero attached hydrogens (tertiary/aromatic N) is 2. The van der Waals surface area contributed by atoms with E-state index in [9.17, 15) is 18.4 Å². The standard InChI is InChI=1S/C21H33FN2.C9H9FO2.C6H13NO2/c1-3-12-23(2)20-10-13-24(14-11-20)16-18-7-5-9-21(18)17-6-4-8-19(22)15-17;1-7-4-8(5-12-6-11)2-3-9(7)10;1-4(2)5(7-3)6(8)9/h4,6,8,15,18,20-21H,3,5,7,9-14,16H2,1-2H3;2-4,6H,5H2,1H3;4-5,7H,1-3H3,(H,8,9)/t18-,21?;;/m1../s1. The van der Waals surface area contributed by atoms with E-state index < -0.39 is 12.0 Å². The van der Waals surface area contributed by atoms with E-state index in [0.717, 1.165) is 11.6 Å². The lowest BCUT2D eigenvalue weighted by molar-refractivity contribution is -0.140. The summed E-state index contributed by atoms with van der Waals surface area (Å²) in [6.07, 6.45) is 7.66. The second-order valence-corrected chi connectivity index (χ2v) is 12.7. The average molecular weight is 632 g/mol. The van der Waals surface area contributed by atoms with Crippen molar-refractivity contribution >= 4 is 12.4 Å². The van der Waals surface area contributed by atoms with Crippen molar-refractivity contribution in [3.8, 4) is 0 Å². The Labute approximate surface area is 269 Å². The summed E-state index contributed by atoms with van der Waals surface area (Å²) in [6.45, 7) is 13.1. The maximum absolute atomic E-state index is 13.6. The number of carbonyl (C=O) groups is 2. The number of nitrogens with one attached hydrogen (secondary N) is 1. The number of hydrogen-bond acceptors (Lipinski definition) is 6. The number of hydrogen-bond donors (Lipinski definition) is 2. The fraction of sp³-hybridized carbons (Fsp3) is 0.611. The number of rotatable bonds is 12. The van der Waals surface area contributed by atoms with E-state index in [0.29, 0.717) is 23.9 Å². The minimum Gasteiger partial charge on any atom is -0.480 e. The highest BCUT2D eigenvalue weighted by molar-refractivity contribution is 5.73. The summed E-state index contributed by atoms with van der Waals surface area (Å²) in [5, 5.41) is 11.2. The lowest BCUT2D eigenvalue weighted by atomic mass is 9.88. The Bertz CT molecular complexity index is 1160. The van der Waals surface area contributed by atoms with Crippen LogP contribution in [0.2, 0.25) is 0 Å². The molecule has 2 aliphatic rings. The topological polar surface area (TPSA) is 82.1 Å². The Balaban J connectivity index is 0.000000280. The van der Waals surface area contributed by atoms with E-state index in [1.165, 1.54) is 76.3 Å². The molecular weight excluding hydrogens is 576 g/mol. The molecule has 2 aromatic carbocycles. The molecule has 2 aromatic rings. The Morgan fingerprint density at radius 1 is 1.13 bits per heavy atom. The third kappa shape index (κ3) is 13.2. The van der Waals surface area contributed by atoms with Crippen molar-refractivity contribution in [2.45, 2.75) is 90.8 Å². The minimum atomic E-state index is -0.785. The van der Waals surface area contributed by atoms with Crippen molar-refractivity contribution in [2.75, 3.05) is 40.3 Å². The molecule has 0 amide bonds. The third-order valence-electron chi connectivity index (χ3n) is 8.97. The summed E-state index contributed by atoms with van der Waals surface area (Å²) in [7, 11) is 3.93. The zero-order valence-electron chi connectivity index (χ0n) is 28.1. The molecule has 0 spiro atoms. The molecule has 45 heavy (non-hydrogen) atoms. The first kappa shape index (κ1) is 38.3. The monoisotopic (exact) mass is 631 g/mol. The Hall–Kier alpha value is -2.88. The molecule has 2 fully saturated rings. The van der Waals surface area contributed by atoms with Crippen molar-refractivity contribution in [3.05, 3.63) is 70.8 Å². The highest BCUT2D eigenvalue weighted by atomic mass is 19.1. The van der Waals surface area contributed by atoms with Gasteiger partial charge >= 0.3 is 5.97 Å². The van der Waals surface area contributed by atoms with Crippen LogP contribution < -0.4 is 5.32 Å². The zero-order valence-corrected chi connectivity index (χ0v) is 28.1. The summed E-state index contributed by atoms with van der Waals surface area (Å²) < 4.78 is 30.8. The van der Waals surface area contributed by atoms with E-state index in [2.05, 4.69) is 39.9 Å². The van der Waals surface area contributed by atoms with Crippen molar-refractivity contribution in [2.24, 2.45) is 11.8 Å². The largest absolute Gasteiger partial charge is 0.480 e. The van der Waals surface area contributed by atoms with Gasteiger partial charge in [-0.05, 0) is 131 Å². The number of carbonyl (C=O) groups excluding carboxylic acids is 1. The SMILES string of the molecule is CCCN(C)C1CCN(C[C@H]2CCCC2c2cccc(F)c2)CC1.CNC(C(=O)O)C(C)C.Cc1cc(COC=O)ccc1F. The Kier molecular flexibility index (Phi) is 17.3. The Morgan fingerprint density at radius 2 is 1.84 bits per heavy atom. The van der Waals surface area contributed by atoms with Crippen LogP contribution in [0.25, 0.3) is 0 Å². The lowest BCUT2D eigenvalue weighted by Gasteiger charge is -2.38. The van der Waals surface area contributed by atoms with Crippen LogP contribution in [-0.4, -0.2) is 79.7 Å². The van der Waals surface area contributed by atoms with Crippen LogP contribution >= 0.6 is 0 Å². The fourth-order valence-electron chi connectivity index (χ4n) is 6.51. The second-order valence-electron chi connectivity index (χ2n) is 12.7. The number of likely N-dealkylation sites (tertiary alicyclic amines) is 1. The number of ether oxygens (including phenoxy) is 1. The van der Waals surface area contributed by atoms with E-state index in [-0.39, 0.29) is 24.2 Å². The van der Waals surface area contributed by atoms with Gasteiger partial charge < -0.3 is 25.0 Å². The molecule has 2 unspecified atom stereocenters. The molecule has 7 nitrogen and oxygen atoms in total. The van der Waals surface area contributed by atoms with E-state index >= 15 is 0 Å². The molecule has 3 atom stereocenters. The van der Waals surface area contributed by atoms with Gasteiger partial charge in [0, 0.05) is 12.6 Å². The maximum atomic E-state index is 13.6. The van der Waals surface area contributed by atoms with E-state index in [1.807, 2.05) is 19.9 Å². The molecular formula is C36H55F2N3O4. The van der Waals surface area contributed by atoms with Gasteiger partial charge in [0.25, 0.3) is 6.47 Å². The van der Waals surface area contributed by atoms with Crippen LogP contribution in [0.3, 0.4) is 0 Å². The van der Waals surface area contributed by atoms with Crippen LogP contribution in [0.4, 0.5) is 8.78 Å². The van der Waals surface area contributed by atoms with Gasteiger partial charge in [-0.2, -0.15) is 0 Å². The number of aryl methyl sites for hydroxylation is 1. The molecule has 1 saturated carbocycles. The van der Waals surface area contributed by atoms with Gasteiger partial charge in [-0.15, -0.1) is 0 Å². The maximum Gasteiger partial charge on any atom is 0.320 e. The van der Waals surface area contributed by atoms with Gasteiger partial charge in [-0.25, -0.2) is 8.78 Å². The molecule has 9 heteroatoms. The number of likely N-dealkylation sites (N-methyl/N-ethyl adjacent to an activating group) is 1. The predicted molar refractivity (Wildman–Crippen MR) is 176 cm³/mol. The van der Waals surface area contributed by atoms with Gasteiger partial charge in [-0.3, -0.25) is 9.59 Å². The van der Waals surface area contributed by atoms with E-state index in [4.69, 9.17) is 5.11 Å². The van der Waals surface area contributed by atoms with Gasteiger partial charge in [0.05, 0.1) is 0 Å². The molecule has 1 aliphatic heterocycles. The summed E-state index contributed by atoms with van der Waals surface area (Å²) in [5.41, 5.74) is 2.57. The number of benzene rings is 2. The zero-order chi connectivity index (χ0) is 33.4. The molecule has 0 aromatic heterocycles. The molecule has 2 N–H and O–H groups in total. The highest BCUT2D eigenvalue weighted by Crippen LogP contribution is 2.40. The van der Waals surface area contributed by atoms with Crippen molar-refractivity contribution < 1.29 is 28.2 Å². The molecule has 0 bridgehead atoms. The molecule has 4 rings (SSSR count). The second kappa shape index (κ2) is 20.3. The summed E-state index contributed by atoms with van der Waals surface area (Å²) in [5.74, 6) is 0.292. The van der Waals surface area contributed by atoms with Crippen LogP contribution in [0.15, 0.2) is 42.5 Å². The van der Waals surface area contributed by atoms with E-state index in [1.54, 1.807) is 38.2 Å². The third-order valence-corrected chi connectivity index (χ3v) is 8.97. The van der Waals surface area contributed by atoms with Gasteiger partial charge in [0.2, 0.25) is 0 Å². The van der Waals surface area contributed by atoms with Crippen molar-refractivity contribution in [1.82, 2.24) is 15.1 Å². The first-order valence-corrected chi connectivity index (χ1v) is 16.4. The van der Waals surface area contributed by atoms with Crippen LogP contribution in [0.1, 0.15) is 81.9 Å². The number of halogens is 2. The Morgan fingerprint density at radius 3 is 2.38 bits per heavy atom. The van der Waals surface area contributed by atoms with Gasteiger partial charge in [0.1, 0.15) is 24.3 Å². The smallest absolute Gasteiger partial charge is 0.320 e. The summed E-state index contributed by atoms with van der Waals surface area (Å²) in [4.78, 5) is 25.4. The molecule has 1 aliphatic carbocycles. The van der Waals surface area contributed by atoms with Gasteiger partial charge in [0.15, 0.2) is 0 Å². The van der Waals surface area contributed by atoms with Crippen LogP contribution in [0.5, 0.6) is 0 Å². The molecule has 252 valence electrons. The summed E-state index contributed by atoms with van der Waals surface area (Å²) >= 11 is 0. The number of carboxylic acids is 1. The molecule has 1 saturated heterocycles. The summed E-state index contributed by atoms with van der Waals surface area (Å²) in [6, 6.07) is 12.3. The first-order valence-electron chi connectivity index (χ1n) is 16.4. The lowest BCUT2D eigenvalue weighted by Crippen LogP contribution is -2.45. The minimum absolute atomic E-state index is 0.0853. The fourth-order valence-corrected chi connectivity index (χ4v) is 6.51. The highest BCUT2D eigenvalue weighted by Gasteiger charge is 2.32. The molecule has 1 heterocycles. The molecule has 0 radical (unpaired) electrons.